The summed E-state index contributed by atoms with van der Waals surface area (Å²) in [7, 11) is 0. The number of aromatic amines is 1. The topological polar surface area (TPSA) is 81.4 Å². The van der Waals surface area contributed by atoms with Gasteiger partial charge in [0.05, 0.1) is 6.54 Å². The zero-order valence-electron chi connectivity index (χ0n) is 22.6. The van der Waals surface area contributed by atoms with Gasteiger partial charge in [0.25, 0.3) is 0 Å². The van der Waals surface area contributed by atoms with Crippen LogP contribution in [-0.4, -0.2) is 29.8 Å². The second-order valence-electron chi connectivity index (χ2n) is 10.8. The normalized spacial score (nSPS) is 15.1. The van der Waals surface area contributed by atoms with Gasteiger partial charge in [0.15, 0.2) is 0 Å². The van der Waals surface area contributed by atoms with E-state index in [1.165, 1.54) is 57.8 Å². The van der Waals surface area contributed by atoms with Crippen molar-refractivity contribution in [2.24, 2.45) is 5.92 Å². The molecule has 0 aliphatic heterocycles. The maximum absolute atomic E-state index is 13.2. The van der Waals surface area contributed by atoms with E-state index in [0.717, 1.165) is 41.0 Å². The van der Waals surface area contributed by atoms with E-state index >= 15 is 0 Å². The van der Waals surface area contributed by atoms with Gasteiger partial charge in [-0.1, -0.05) is 113 Å². The Bertz CT molecular complexity index is 1320. The number of hydrogen-bond donors (Lipinski definition) is 1. The Hall–Kier alpha value is -3.48. The van der Waals surface area contributed by atoms with Crippen LogP contribution in [0.15, 0.2) is 65.7 Å². The summed E-state index contributed by atoms with van der Waals surface area (Å²) in [6.45, 7) is 2.76. The molecule has 38 heavy (non-hydrogen) atoms. The number of nitrogens with zero attached hydrogens (tertiary/aromatic N) is 5. The highest BCUT2D eigenvalue weighted by molar-refractivity contribution is 5.80. The minimum Gasteiger partial charge on any atom is -0.296 e. The molecule has 1 N–H and O–H groups in total. The van der Waals surface area contributed by atoms with Crippen molar-refractivity contribution in [2.45, 2.75) is 90.1 Å². The van der Waals surface area contributed by atoms with Crippen molar-refractivity contribution in [2.75, 3.05) is 0 Å². The highest BCUT2D eigenvalue weighted by Gasteiger charge is 2.16. The van der Waals surface area contributed by atoms with Crippen molar-refractivity contribution < 1.29 is 0 Å². The van der Waals surface area contributed by atoms with Crippen LogP contribution in [0.4, 0.5) is 0 Å². The van der Waals surface area contributed by atoms with Crippen LogP contribution >= 0.6 is 0 Å². The molecular weight excluding hydrogens is 472 g/mol. The molecule has 2 aromatic heterocycles. The molecule has 1 atom stereocenters. The second-order valence-corrected chi connectivity index (χ2v) is 10.8. The molecule has 0 bridgehead atoms. The highest BCUT2D eigenvalue weighted by Crippen LogP contribution is 2.30. The fourth-order valence-electron chi connectivity index (χ4n) is 6.02. The van der Waals surface area contributed by atoms with Crippen molar-refractivity contribution in [3.05, 3.63) is 77.0 Å². The lowest BCUT2D eigenvalue weighted by molar-refractivity contribution is 0.324. The van der Waals surface area contributed by atoms with Gasteiger partial charge in [0, 0.05) is 24.0 Å². The number of rotatable bonds is 12. The number of benzene rings is 2. The fourth-order valence-corrected chi connectivity index (χ4v) is 6.02. The van der Waals surface area contributed by atoms with Crippen molar-refractivity contribution >= 4 is 0 Å². The number of unbranched alkanes of at least 4 members (excludes halogenated alkanes) is 2. The molecule has 5 rings (SSSR count). The van der Waals surface area contributed by atoms with Crippen LogP contribution in [-0.2, 0) is 6.54 Å². The minimum atomic E-state index is 0.0885. The molecule has 2 aromatic carbocycles. The fraction of sp³-hybridized carbons (Fsp3) is 0.484. The predicted molar refractivity (Wildman–Crippen MR) is 152 cm³/mol. The van der Waals surface area contributed by atoms with E-state index in [1.807, 2.05) is 39.7 Å². The van der Waals surface area contributed by atoms with E-state index in [1.54, 1.807) is 0 Å². The Morgan fingerprint density at radius 1 is 0.947 bits per heavy atom. The van der Waals surface area contributed by atoms with E-state index in [9.17, 15) is 4.79 Å². The van der Waals surface area contributed by atoms with Crippen molar-refractivity contribution in [3.63, 3.8) is 0 Å². The predicted octanol–water partition coefficient (Wildman–Crippen LogP) is 7.03. The Labute approximate surface area is 225 Å². The zero-order valence-corrected chi connectivity index (χ0v) is 22.6. The van der Waals surface area contributed by atoms with Gasteiger partial charge < -0.3 is 0 Å². The molecule has 7 heteroatoms. The van der Waals surface area contributed by atoms with E-state index < -0.39 is 0 Å². The van der Waals surface area contributed by atoms with Crippen LogP contribution < -0.4 is 5.69 Å². The summed E-state index contributed by atoms with van der Waals surface area (Å²) in [6, 6.07) is 16.7. The monoisotopic (exact) mass is 512 g/mol. The first-order valence-corrected chi connectivity index (χ1v) is 14.4. The number of tetrazole rings is 1. The number of H-pyrrole nitrogens is 1. The largest absolute Gasteiger partial charge is 0.328 e. The van der Waals surface area contributed by atoms with Gasteiger partial charge in [-0.2, -0.15) is 5.21 Å². The molecule has 7 nitrogen and oxygen atoms in total. The average Bonchev–Trinajstić information content (AvgIpc) is 3.63. The molecule has 1 fully saturated rings. The van der Waals surface area contributed by atoms with Crippen molar-refractivity contribution in [1.82, 2.24) is 29.8 Å². The molecule has 4 aromatic rings. The van der Waals surface area contributed by atoms with Gasteiger partial charge in [-0.25, -0.2) is 4.79 Å². The summed E-state index contributed by atoms with van der Waals surface area (Å²) in [6.07, 6.45) is 18.4. The Morgan fingerprint density at radius 3 is 2.47 bits per heavy atom. The first kappa shape index (κ1) is 26.1. The van der Waals surface area contributed by atoms with E-state index in [-0.39, 0.29) is 11.7 Å². The summed E-state index contributed by atoms with van der Waals surface area (Å²) in [4.78, 5) is 13.2. The average molecular weight is 513 g/mol. The summed E-state index contributed by atoms with van der Waals surface area (Å²) >= 11 is 0. The second kappa shape index (κ2) is 12.9. The number of nitrogens with one attached hydrogen (secondary N) is 1. The van der Waals surface area contributed by atoms with Crippen LogP contribution in [0.25, 0.3) is 22.5 Å². The lowest BCUT2D eigenvalue weighted by atomic mass is 9.85. The van der Waals surface area contributed by atoms with E-state index in [2.05, 4.69) is 57.9 Å². The van der Waals surface area contributed by atoms with Gasteiger partial charge in [0.1, 0.15) is 0 Å². The third kappa shape index (κ3) is 6.32. The lowest BCUT2D eigenvalue weighted by Gasteiger charge is -2.21. The molecule has 200 valence electrons. The molecule has 1 aliphatic carbocycles. The number of imidazole rings is 1. The smallest absolute Gasteiger partial charge is 0.296 e. The van der Waals surface area contributed by atoms with Gasteiger partial charge >= 0.3 is 5.69 Å². The van der Waals surface area contributed by atoms with Gasteiger partial charge in [0.2, 0.25) is 5.82 Å². The number of aromatic nitrogens is 6. The van der Waals surface area contributed by atoms with Gasteiger partial charge in [-0.3, -0.25) is 9.13 Å². The Kier molecular flexibility index (Phi) is 8.84. The minimum absolute atomic E-state index is 0.0885. The molecule has 0 saturated heterocycles. The SMILES string of the molecule is CCC(CCCCCC1CCCCC1)n1ccn(Cc2ccc(-c3ccccc3-c3nn[nH]n3)cc2)c1=O. The molecule has 0 radical (unpaired) electrons. The summed E-state index contributed by atoms with van der Waals surface area (Å²) < 4.78 is 3.78. The summed E-state index contributed by atoms with van der Waals surface area (Å²) in [5, 5.41) is 14.5. The molecule has 1 saturated carbocycles. The molecule has 0 amide bonds. The van der Waals surface area contributed by atoms with Gasteiger partial charge in [-0.05, 0) is 40.7 Å². The molecule has 2 heterocycles. The first-order valence-electron chi connectivity index (χ1n) is 14.4. The number of hydrogen-bond acceptors (Lipinski definition) is 4. The summed E-state index contributed by atoms with van der Waals surface area (Å²) in [5.41, 5.74) is 4.25. The molecule has 0 spiro atoms. The molecule has 1 unspecified atom stereocenters. The van der Waals surface area contributed by atoms with Crippen LogP contribution in [0.1, 0.15) is 89.2 Å². The summed E-state index contributed by atoms with van der Waals surface area (Å²) in [5.74, 6) is 1.55. The van der Waals surface area contributed by atoms with Gasteiger partial charge in [-0.15, -0.1) is 10.2 Å². The standard InChI is InChI=1S/C31H40N6O/c1-2-27(14-8-4-7-13-24-11-5-3-6-12-24)37-22-21-36(31(37)38)23-25-17-19-26(20-18-25)28-15-9-10-16-29(28)30-32-34-35-33-30/h9-10,15-22,24,27H,2-8,11-14,23H2,1H3,(H,32,33,34,35). The van der Waals surface area contributed by atoms with Crippen LogP contribution in [0.2, 0.25) is 0 Å². The maximum Gasteiger partial charge on any atom is 0.328 e. The quantitative estimate of drug-likeness (QED) is 0.207. The molecule has 1 aliphatic rings. The lowest BCUT2D eigenvalue weighted by Crippen LogP contribution is -2.27. The third-order valence-corrected chi connectivity index (χ3v) is 8.24. The first-order chi connectivity index (χ1) is 18.7. The van der Waals surface area contributed by atoms with E-state index in [0.29, 0.717) is 12.4 Å². The van der Waals surface area contributed by atoms with E-state index in [4.69, 9.17) is 0 Å². The Balaban J connectivity index is 1.18. The van der Waals surface area contributed by atoms with Crippen molar-refractivity contribution in [1.29, 1.82) is 0 Å². The third-order valence-electron chi connectivity index (χ3n) is 8.24. The zero-order chi connectivity index (χ0) is 26.2. The van der Waals surface area contributed by atoms with Crippen LogP contribution in [0.5, 0.6) is 0 Å². The highest BCUT2D eigenvalue weighted by atomic mass is 16.1. The van der Waals surface area contributed by atoms with Crippen molar-refractivity contribution in [3.8, 4) is 22.5 Å². The maximum atomic E-state index is 13.2. The van der Waals surface area contributed by atoms with Crippen LogP contribution in [0.3, 0.4) is 0 Å². The molecular formula is C31H40N6O. The van der Waals surface area contributed by atoms with Crippen LogP contribution in [0, 0.1) is 5.92 Å². The Morgan fingerprint density at radius 2 is 1.74 bits per heavy atom.